The molecule has 0 heterocycles. The highest BCUT2D eigenvalue weighted by Gasteiger charge is 2.21. The second-order valence-electron chi connectivity index (χ2n) is 6.83. The van der Waals surface area contributed by atoms with E-state index in [4.69, 9.17) is 4.74 Å². The van der Waals surface area contributed by atoms with Crippen LogP contribution in [0.15, 0.2) is 84.6 Å². The number of carboxylic acids is 1. The van der Waals surface area contributed by atoms with Crippen LogP contribution in [0.4, 0.5) is 0 Å². The van der Waals surface area contributed by atoms with E-state index in [-0.39, 0.29) is 11.6 Å². The van der Waals surface area contributed by atoms with E-state index in [9.17, 15) is 14.7 Å². The molecule has 0 bridgehead atoms. The maximum atomic E-state index is 12.7. The minimum Gasteiger partial charge on any atom is -0.477 e. The first-order valence-corrected chi connectivity index (χ1v) is 10.9. The third kappa shape index (κ3) is 6.18. The predicted molar refractivity (Wildman–Crippen MR) is 129 cm³/mol. The van der Waals surface area contributed by atoms with Crippen LogP contribution < -0.4 is 10.1 Å². The molecule has 0 saturated heterocycles. The number of para-hydroxylation sites is 1. The van der Waals surface area contributed by atoms with Gasteiger partial charge in [0.2, 0.25) is 5.91 Å². The van der Waals surface area contributed by atoms with Crippen LogP contribution in [0.1, 0.15) is 30.4 Å². The number of carbonyl (C=O) groups excluding carboxylic acids is 1. The first kappa shape index (κ1) is 22.6. The summed E-state index contributed by atoms with van der Waals surface area (Å²) in [5.41, 5.74) is 1.32. The van der Waals surface area contributed by atoms with Crippen LogP contribution in [-0.2, 0) is 9.59 Å². The minimum atomic E-state index is -1.20. The van der Waals surface area contributed by atoms with E-state index in [0.717, 1.165) is 14.9 Å². The molecular formula is C25H22INO4. The lowest BCUT2D eigenvalue weighted by Gasteiger charge is -2.15. The van der Waals surface area contributed by atoms with E-state index < -0.39 is 11.9 Å². The minimum absolute atomic E-state index is 0.175. The Bertz CT molecular complexity index is 1080. The van der Waals surface area contributed by atoms with Crippen molar-refractivity contribution in [3.8, 4) is 11.5 Å². The summed E-state index contributed by atoms with van der Waals surface area (Å²) in [6, 6.07) is 24.0. The molecule has 3 rings (SSSR count). The lowest BCUT2D eigenvalue weighted by atomic mass is 9.95. The molecule has 0 aliphatic rings. The highest BCUT2D eigenvalue weighted by atomic mass is 127. The van der Waals surface area contributed by atoms with Crippen molar-refractivity contribution >= 4 is 40.5 Å². The number of rotatable bonds is 8. The van der Waals surface area contributed by atoms with E-state index in [0.29, 0.717) is 17.7 Å². The first-order chi connectivity index (χ1) is 15.0. The van der Waals surface area contributed by atoms with E-state index in [1.807, 2.05) is 61.5 Å². The molecule has 1 atom stereocenters. The number of carbonyl (C=O) groups is 2. The number of aliphatic carboxylic acids is 1. The number of halogens is 1. The third-order valence-corrected chi connectivity index (χ3v) is 5.56. The molecule has 31 heavy (non-hydrogen) atoms. The summed E-state index contributed by atoms with van der Waals surface area (Å²) in [5, 5.41) is 12.1. The topological polar surface area (TPSA) is 75.6 Å². The Kier molecular flexibility index (Phi) is 7.83. The summed E-state index contributed by atoms with van der Waals surface area (Å²) >= 11 is 2.20. The largest absolute Gasteiger partial charge is 0.477 e. The van der Waals surface area contributed by atoms with Crippen molar-refractivity contribution in [2.24, 2.45) is 0 Å². The molecule has 3 aromatic carbocycles. The first-order valence-electron chi connectivity index (χ1n) is 9.81. The Morgan fingerprint density at radius 1 is 1.00 bits per heavy atom. The van der Waals surface area contributed by atoms with Crippen molar-refractivity contribution in [1.29, 1.82) is 0 Å². The lowest BCUT2D eigenvalue weighted by Crippen LogP contribution is -2.31. The van der Waals surface area contributed by atoms with Crippen molar-refractivity contribution in [3.63, 3.8) is 0 Å². The lowest BCUT2D eigenvalue weighted by molar-refractivity contribution is -0.134. The van der Waals surface area contributed by atoms with Gasteiger partial charge in [-0.25, -0.2) is 4.79 Å². The van der Waals surface area contributed by atoms with Gasteiger partial charge in [-0.3, -0.25) is 4.79 Å². The average Bonchev–Trinajstić information content (AvgIpc) is 2.77. The van der Waals surface area contributed by atoms with Gasteiger partial charge in [0.1, 0.15) is 17.2 Å². The van der Waals surface area contributed by atoms with Crippen molar-refractivity contribution < 1.29 is 19.4 Å². The number of benzene rings is 3. The van der Waals surface area contributed by atoms with Gasteiger partial charge in [-0.15, -0.1) is 0 Å². The smallest absolute Gasteiger partial charge is 0.352 e. The normalized spacial score (nSPS) is 12.1. The Morgan fingerprint density at radius 2 is 1.65 bits per heavy atom. The molecular weight excluding hydrogens is 505 g/mol. The van der Waals surface area contributed by atoms with Crippen LogP contribution in [0.5, 0.6) is 11.5 Å². The third-order valence-electron chi connectivity index (χ3n) is 4.67. The fourth-order valence-corrected chi connectivity index (χ4v) is 3.58. The molecule has 5 nitrogen and oxygen atoms in total. The maximum absolute atomic E-state index is 12.7. The van der Waals surface area contributed by atoms with Crippen molar-refractivity contribution in [2.75, 3.05) is 0 Å². The summed E-state index contributed by atoms with van der Waals surface area (Å²) in [6.07, 6.45) is 2.00. The zero-order valence-corrected chi connectivity index (χ0v) is 19.1. The SMILES string of the molecule is CCC(C(=O)NC(=Cc1ccc(Oc2ccccc2I)cc1)C(=O)O)c1ccccc1. The van der Waals surface area contributed by atoms with E-state index in [2.05, 4.69) is 27.9 Å². The molecule has 6 heteroatoms. The van der Waals surface area contributed by atoms with Crippen LogP contribution in [0.2, 0.25) is 0 Å². The zero-order chi connectivity index (χ0) is 22.2. The van der Waals surface area contributed by atoms with Gasteiger partial charge < -0.3 is 15.2 Å². The van der Waals surface area contributed by atoms with E-state index >= 15 is 0 Å². The Hall–Kier alpha value is -3.13. The van der Waals surface area contributed by atoms with E-state index in [1.54, 1.807) is 24.3 Å². The second kappa shape index (κ2) is 10.8. The predicted octanol–water partition coefficient (Wildman–Crippen LogP) is 5.82. The number of amides is 1. The number of nitrogens with one attached hydrogen (secondary N) is 1. The monoisotopic (exact) mass is 527 g/mol. The molecule has 1 unspecified atom stereocenters. The summed E-state index contributed by atoms with van der Waals surface area (Å²) in [4.78, 5) is 24.5. The summed E-state index contributed by atoms with van der Waals surface area (Å²) in [7, 11) is 0. The molecule has 0 saturated carbocycles. The zero-order valence-electron chi connectivity index (χ0n) is 16.9. The van der Waals surface area contributed by atoms with Crippen molar-refractivity contribution in [3.05, 3.63) is 99.3 Å². The van der Waals surface area contributed by atoms with Gasteiger partial charge in [0.15, 0.2) is 0 Å². The van der Waals surface area contributed by atoms with Crippen molar-refractivity contribution in [2.45, 2.75) is 19.3 Å². The van der Waals surface area contributed by atoms with Gasteiger partial charge in [-0.05, 0) is 70.5 Å². The summed E-state index contributed by atoms with van der Waals surface area (Å²) < 4.78 is 6.85. The molecule has 0 aliphatic heterocycles. The van der Waals surface area contributed by atoms with Gasteiger partial charge in [0.05, 0.1) is 9.49 Å². The number of hydrogen-bond acceptors (Lipinski definition) is 3. The molecule has 2 N–H and O–H groups in total. The average molecular weight is 527 g/mol. The molecule has 0 fully saturated rings. The maximum Gasteiger partial charge on any atom is 0.352 e. The van der Waals surface area contributed by atoms with E-state index in [1.165, 1.54) is 6.08 Å². The van der Waals surface area contributed by atoms with Crippen LogP contribution in [0, 0.1) is 3.57 Å². The van der Waals surface area contributed by atoms with Gasteiger partial charge in [-0.1, -0.05) is 61.5 Å². The van der Waals surface area contributed by atoms with Gasteiger partial charge in [0, 0.05) is 0 Å². The van der Waals surface area contributed by atoms with Crippen LogP contribution in [-0.4, -0.2) is 17.0 Å². The summed E-state index contributed by atoms with van der Waals surface area (Å²) in [6.45, 7) is 1.90. The van der Waals surface area contributed by atoms with Crippen LogP contribution in [0.25, 0.3) is 6.08 Å². The fraction of sp³-hybridized carbons (Fsp3) is 0.120. The molecule has 0 spiro atoms. The molecule has 0 aromatic heterocycles. The molecule has 3 aromatic rings. The quantitative estimate of drug-likeness (QED) is 0.286. The number of ether oxygens (including phenoxy) is 1. The number of hydrogen-bond donors (Lipinski definition) is 2. The molecule has 0 aliphatic carbocycles. The van der Waals surface area contributed by atoms with Crippen molar-refractivity contribution in [1.82, 2.24) is 5.32 Å². The van der Waals surface area contributed by atoms with Crippen LogP contribution >= 0.6 is 22.6 Å². The molecule has 0 radical (unpaired) electrons. The standard InChI is InChI=1S/C25H22INO4/c1-2-20(18-8-4-3-5-9-18)24(28)27-22(25(29)30)16-17-12-14-19(15-13-17)31-23-11-7-6-10-21(23)26/h3-16,20H,2H2,1H3,(H,27,28)(H,29,30). The summed E-state index contributed by atoms with van der Waals surface area (Å²) in [5.74, 6) is -0.585. The van der Waals surface area contributed by atoms with Gasteiger partial charge in [-0.2, -0.15) is 0 Å². The Labute approximate surface area is 194 Å². The Balaban J connectivity index is 1.75. The fourth-order valence-electron chi connectivity index (χ4n) is 3.08. The second-order valence-corrected chi connectivity index (χ2v) is 7.99. The van der Waals surface area contributed by atoms with Gasteiger partial charge >= 0.3 is 5.97 Å². The Morgan fingerprint density at radius 3 is 2.26 bits per heavy atom. The molecule has 158 valence electrons. The van der Waals surface area contributed by atoms with Crippen LogP contribution in [0.3, 0.4) is 0 Å². The highest BCUT2D eigenvalue weighted by molar-refractivity contribution is 14.1. The highest BCUT2D eigenvalue weighted by Crippen LogP contribution is 2.27. The molecule has 1 amide bonds. The number of carboxylic acid groups (broad SMARTS) is 1. The van der Waals surface area contributed by atoms with Gasteiger partial charge in [0.25, 0.3) is 0 Å².